The van der Waals surface area contributed by atoms with Crippen LogP contribution in [-0.2, 0) is 11.3 Å². The topological polar surface area (TPSA) is 32.8 Å². The van der Waals surface area contributed by atoms with Gasteiger partial charge in [-0.25, -0.2) is 9.18 Å². The van der Waals surface area contributed by atoms with E-state index in [2.05, 4.69) is 29.2 Å². The number of alkyl halides is 1. The van der Waals surface area contributed by atoms with E-state index in [9.17, 15) is 9.18 Å². The predicted molar refractivity (Wildman–Crippen MR) is 108 cm³/mol. The van der Waals surface area contributed by atoms with Crippen molar-refractivity contribution in [3.8, 4) is 0 Å². The van der Waals surface area contributed by atoms with Gasteiger partial charge < -0.3 is 9.64 Å². The fourth-order valence-corrected chi connectivity index (χ4v) is 4.08. The second kappa shape index (κ2) is 8.91. The molecular formula is C23H29FN2O2. The summed E-state index contributed by atoms with van der Waals surface area (Å²) in [7, 11) is 0. The molecule has 2 aliphatic carbocycles. The normalized spacial score (nSPS) is 26.8. The fraction of sp³-hybridized carbons (Fsp3) is 0.522. The molecule has 28 heavy (non-hydrogen) atoms. The van der Waals surface area contributed by atoms with E-state index < -0.39 is 6.17 Å². The molecule has 3 aliphatic rings. The van der Waals surface area contributed by atoms with Crippen molar-refractivity contribution in [3.05, 3.63) is 60.2 Å². The molecule has 1 amide bonds. The van der Waals surface area contributed by atoms with Gasteiger partial charge in [-0.1, -0.05) is 54.6 Å². The van der Waals surface area contributed by atoms with Gasteiger partial charge in [0, 0.05) is 37.5 Å². The number of nitrogens with zero attached hydrogens (tertiary/aromatic N) is 2. The average molecular weight is 384 g/mol. The zero-order valence-corrected chi connectivity index (χ0v) is 16.3. The average Bonchev–Trinajstić information content (AvgIpc) is 3.51. The quantitative estimate of drug-likeness (QED) is 0.707. The van der Waals surface area contributed by atoms with Crippen molar-refractivity contribution in [3.63, 3.8) is 0 Å². The molecule has 1 saturated heterocycles. The molecule has 0 aromatic heterocycles. The summed E-state index contributed by atoms with van der Waals surface area (Å²) < 4.78 is 20.1. The highest BCUT2D eigenvalue weighted by molar-refractivity contribution is 5.68. The van der Waals surface area contributed by atoms with Crippen molar-refractivity contribution in [2.24, 2.45) is 11.8 Å². The lowest BCUT2D eigenvalue weighted by Gasteiger charge is -2.26. The first-order valence-electron chi connectivity index (χ1n) is 10.4. The maximum Gasteiger partial charge on any atom is 0.409 e. The van der Waals surface area contributed by atoms with Gasteiger partial charge in [0.05, 0.1) is 13.2 Å². The summed E-state index contributed by atoms with van der Waals surface area (Å²) in [5.41, 5.74) is 1.26. The van der Waals surface area contributed by atoms with Gasteiger partial charge in [-0.05, 0) is 24.8 Å². The molecular weight excluding hydrogens is 355 g/mol. The van der Waals surface area contributed by atoms with E-state index in [1.54, 1.807) is 4.90 Å². The summed E-state index contributed by atoms with van der Waals surface area (Å²) in [6.45, 7) is 2.49. The van der Waals surface area contributed by atoms with Gasteiger partial charge in [0.15, 0.2) is 0 Å². The van der Waals surface area contributed by atoms with Gasteiger partial charge in [-0.15, -0.1) is 0 Å². The summed E-state index contributed by atoms with van der Waals surface area (Å²) in [5.74, 6) is 0.0825. The molecule has 2 fully saturated rings. The molecule has 4 rings (SSSR count). The van der Waals surface area contributed by atoms with Crippen molar-refractivity contribution < 1.29 is 13.9 Å². The van der Waals surface area contributed by atoms with Gasteiger partial charge in [0.1, 0.15) is 6.17 Å². The summed E-state index contributed by atoms with van der Waals surface area (Å²) in [6.07, 6.45) is 9.99. The van der Waals surface area contributed by atoms with Gasteiger partial charge in [-0.3, -0.25) is 4.90 Å². The Morgan fingerprint density at radius 1 is 1.18 bits per heavy atom. The molecule has 1 aromatic rings. The van der Waals surface area contributed by atoms with Crippen molar-refractivity contribution in [2.75, 3.05) is 26.2 Å². The van der Waals surface area contributed by atoms with Crippen molar-refractivity contribution in [1.29, 1.82) is 0 Å². The van der Waals surface area contributed by atoms with Gasteiger partial charge in [-0.2, -0.15) is 0 Å². The third-order valence-corrected chi connectivity index (χ3v) is 5.87. The molecule has 3 atom stereocenters. The maximum atomic E-state index is 14.7. The summed E-state index contributed by atoms with van der Waals surface area (Å²) >= 11 is 0. The van der Waals surface area contributed by atoms with Gasteiger partial charge in [0.25, 0.3) is 0 Å². The van der Waals surface area contributed by atoms with Crippen LogP contribution in [0.25, 0.3) is 0 Å². The Hall–Kier alpha value is -2.14. The Balaban J connectivity index is 1.28. The first kappa shape index (κ1) is 19.2. The summed E-state index contributed by atoms with van der Waals surface area (Å²) in [4.78, 5) is 16.3. The highest BCUT2D eigenvalue weighted by Gasteiger charge is 2.39. The Labute approximate surface area is 166 Å². The zero-order chi connectivity index (χ0) is 19.3. The Kier molecular flexibility index (Phi) is 6.10. The second-order valence-electron chi connectivity index (χ2n) is 8.21. The summed E-state index contributed by atoms with van der Waals surface area (Å²) in [6, 6.07) is 10.9. The molecule has 1 saturated carbocycles. The molecule has 150 valence electrons. The van der Waals surface area contributed by atoms with Gasteiger partial charge in [0.2, 0.25) is 0 Å². The van der Waals surface area contributed by atoms with Crippen LogP contribution < -0.4 is 0 Å². The Morgan fingerprint density at radius 3 is 2.71 bits per heavy atom. The van der Waals surface area contributed by atoms with Gasteiger partial charge >= 0.3 is 6.09 Å². The number of rotatable bonds is 7. The minimum Gasteiger partial charge on any atom is -0.449 e. The lowest BCUT2D eigenvalue weighted by atomic mass is 10.0. The smallest absolute Gasteiger partial charge is 0.409 e. The molecule has 0 bridgehead atoms. The van der Waals surface area contributed by atoms with Crippen molar-refractivity contribution in [2.45, 2.75) is 38.0 Å². The molecule has 5 heteroatoms. The predicted octanol–water partition coefficient (Wildman–Crippen LogP) is 4.19. The number of amides is 1. The molecule has 0 N–H and O–H groups in total. The number of benzene rings is 1. The number of likely N-dealkylation sites (tertiary alicyclic amines) is 1. The fourth-order valence-electron chi connectivity index (χ4n) is 4.08. The third-order valence-electron chi connectivity index (χ3n) is 5.87. The number of carbonyl (C=O) groups is 1. The molecule has 1 aliphatic heterocycles. The molecule has 0 spiro atoms. The van der Waals surface area contributed by atoms with Crippen LogP contribution in [0.3, 0.4) is 0 Å². The maximum absolute atomic E-state index is 14.7. The first-order chi connectivity index (χ1) is 13.7. The highest BCUT2D eigenvalue weighted by atomic mass is 19.1. The van der Waals surface area contributed by atoms with E-state index in [-0.39, 0.29) is 24.5 Å². The van der Waals surface area contributed by atoms with Crippen LogP contribution in [0.5, 0.6) is 0 Å². The van der Waals surface area contributed by atoms with Crippen LogP contribution >= 0.6 is 0 Å². The van der Waals surface area contributed by atoms with Crippen molar-refractivity contribution in [1.82, 2.24) is 9.80 Å². The lowest BCUT2D eigenvalue weighted by Crippen LogP contribution is -2.35. The van der Waals surface area contributed by atoms with Crippen LogP contribution in [0.2, 0.25) is 0 Å². The minimum absolute atomic E-state index is 0.144. The van der Waals surface area contributed by atoms with E-state index in [1.807, 2.05) is 30.4 Å². The third kappa shape index (κ3) is 5.02. The summed E-state index contributed by atoms with van der Waals surface area (Å²) in [5, 5.41) is 0. The molecule has 1 aromatic carbocycles. The molecule has 0 radical (unpaired) electrons. The van der Waals surface area contributed by atoms with Crippen LogP contribution in [0.4, 0.5) is 9.18 Å². The van der Waals surface area contributed by atoms with E-state index in [1.165, 1.54) is 18.4 Å². The Morgan fingerprint density at radius 2 is 2.00 bits per heavy atom. The standard InChI is InChI=1S/C23H29FN2O2/c24-22-16-26(23(27)28-17-19-9-5-2-6-10-19)15-20(22)14-25(21-11-12-21)13-18-7-3-1-4-8-18/h1-9,19-22H,10-17H2/t19?,20-,22+/m0/s1. The van der Waals surface area contributed by atoms with E-state index >= 15 is 0 Å². The van der Waals surface area contributed by atoms with Crippen LogP contribution in [0.15, 0.2) is 54.6 Å². The van der Waals surface area contributed by atoms with E-state index in [0.29, 0.717) is 25.7 Å². The Bertz CT molecular complexity index is 717. The lowest BCUT2D eigenvalue weighted by molar-refractivity contribution is 0.0980. The number of allylic oxidation sites excluding steroid dienone is 3. The van der Waals surface area contributed by atoms with Crippen LogP contribution in [0.1, 0.15) is 24.8 Å². The largest absolute Gasteiger partial charge is 0.449 e. The first-order valence-corrected chi connectivity index (χ1v) is 10.4. The van der Waals surface area contributed by atoms with Crippen LogP contribution in [-0.4, -0.2) is 54.3 Å². The number of carbonyl (C=O) groups excluding carboxylic acids is 1. The molecule has 4 nitrogen and oxygen atoms in total. The van der Waals surface area contributed by atoms with E-state index in [0.717, 1.165) is 13.0 Å². The number of hydrogen-bond acceptors (Lipinski definition) is 3. The highest BCUT2D eigenvalue weighted by Crippen LogP contribution is 2.31. The monoisotopic (exact) mass is 384 g/mol. The minimum atomic E-state index is -0.984. The zero-order valence-electron chi connectivity index (χ0n) is 16.3. The SMILES string of the molecule is O=C(OCC1C=CC=CC1)N1C[C@H](CN(Cc2ccccc2)C2CC2)[C@H](F)C1. The van der Waals surface area contributed by atoms with Crippen LogP contribution in [0, 0.1) is 11.8 Å². The number of hydrogen-bond donors (Lipinski definition) is 0. The molecule has 1 heterocycles. The van der Waals surface area contributed by atoms with Crippen molar-refractivity contribution >= 4 is 6.09 Å². The molecule has 1 unspecified atom stereocenters. The van der Waals surface area contributed by atoms with E-state index in [4.69, 9.17) is 4.74 Å². The number of halogens is 1. The number of ether oxygens (including phenoxy) is 1. The second-order valence-corrected chi connectivity index (χ2v) is 8.21.